The summed E-state index contributed by atoms with van der Waals surface area (Å²) >= 11 is 0. The molecule has 0 aromatic carbocycles. The molecule has 2 fully saturated rings. The van der Waals surface area contributed by atoms with E-state index in [0.717, 1.165) is 81.9 Å². The van der Waals surface area contributed by atoms with E-state index in [0.29, 0.717) is 6.61 Å². The molecule has 3 aliphatic rings. The van der Waals surface area contributed by atoms with Crippen LogP contribution in [0.4, 0.5) is 5.95 Å². The zero-order chi connectivity index (χ0) is 19.1. The largest absolute Gasteiger partial charge is 0.378 e. The Kier molecular flexibility index (Phi) is 4.57. The molecule has 2 aromatic heterocycles. The minimum Gasteiger partial charge on any atom is -0.378 e. The molecule has 5 heterocycles. The van der Waals surface area contributed by atoms with Gasteiger partial charge in [0.15, 0.2) is 0 Å². The summed E-state index contributed by atoms with van der Waals surface area (Å²) in [5, 5.41) is 4.10. The summed E-state index contributed by atoms with van der Waals surface area (Å²) in [4.78, 5) is 14.4. The predicted octanol–water partition coefficient (Wildman–Crippen LogP) is 1.59. The fraction of sp³-hybridized carbons (Fsp3) is 0.650. The monoisotopic (exact) mass is 385 g/mol. The second-order valence-electron chi connectivity index (χ2n) is 8.18. The van der Waals surface area contributed by atoms with Gasteiger partial charge in [-0.3, -0.25) is 4.90 Å². The van der Waals surface area contributed by atoms with Crippen molar-refractivity contribution in [2.75, 3.05) is 50.9 Å². The quantitative estimate of drug-likeness (QED) is 0.788. The average molecular weight is 385 g/mol. The van der Waals surface area contributed by atoms with E-state index in [4.69, 9.17) is 19.0 Å². The van der Waals surface area contributed by atoms with E-state index in [1.165, 1.54) is 11.3 Å². The van der Waals surface area contributed by atoms with E-state index < -0.39 is 0 Å². The summed E-state index contributed by atoms with van der Waals surface area (Å²) < 4.78 is 16.8. The highest BCUT2D eigenvalue weighted by Crippen LogP contribution is 2.40. The summed E-state index contributed by atoms with van der Waals surface area (Å²) in [5.41, 5.74) is 4.43. The molecular formula is C20H27N5O3. The molecule has 2 saturated heterocycles. The molecule has 0 amide bonds. The highest BCUT2D eigenvalue weighted by molar-refractivity contribution is 5.39. The van der Waals surface area contributed by atoms with Gasteiger partial charge in [0.25, 0.3) is 0 Å². The number of anilines is 1. The van der Waals surface area contributed by atoms with Crippen LogP contribution in [-0.2, 0) is 28.0 Å². The highest BCUT2D eigenvalue weighted by Gasteiger charge is 2.45. The number of likely N-dealkylation sites (tertiary alicyclic amines) is 1. The van der Waals surface area contributed by atoms with Crippen LogP contribution in [0.2, 0.25) is 0 Å². The Hall–Kier alpha value is -2.03. The van der Waals surface area contributed by atoms with Crippen LogP contribution in [0, 0.1) is 13.8 Å². The third-order valence-corrected chi connectivity index (χ3v) is 6.28. The molecular weight excluding hydrogens is 358 g/mol. The van der Waals surface area contributed by atoms with Gasteiger partial charge in [0.1, 0.15) is 5.76 Å². The Morgan fingerprint density at radius 3 is 2.79 bits per heavy atom. The first-order valence-electron chi connectivity index (χ1n) is 10.1. The summed E-state index contributed by atoms with van der Waals surface area (Å²) in [6.45, 7) is 11.3. The van der Waals surface area contributed by atoms with Crippen LogP contribution in [0.25, 0.3) is 0 Å². The van der Waals surface area contributed by atoms with Crippen molar-refractivity contribution >= 4 is 5.95 Å². The molecule has 2 aromatic rings. The number of aromatic nitrogens is 3. The van der Waals surface area contributed by atoms with Crippen molar-refractivity contribution < 1.29 is 14.0 Å². The highest BCUT2D eigenvalue weighted by atomic mass is 16.5. The van der Waals surface area contributed by atoms with Crippen molar-refractivity contribution in [3.05, 3.63) is 34.5 Å². The molecule has 150 valence electrons. The van der Waals surface area contributed by atoms with Gasteiger partial charge in [0.05, 0.1) is 43.2 Å². The van der Waals surface area contributed by atoms with E-state index in [2.05, 4.69) is 19.9 Å². The molecule has 0 saturated carbocycles. The van der Waals surface area contributed by atoms with E-state index in [9.17, 15) is 0 Å². The van der Waals surface area contributed by atoms with E-state index in [1.54, 1.807) is 0 Å². The Morgan fingerprint density at radius 1 is 1.14 bits per heavy atom. The number of hydrogen-bond donors (Lipinski definition) is 0. The Bertz CT molecular complexity index is 844. The molecule has 0 aliphatic carbocycles. The van der Waals surface area contributed by atoms with E-state index in [1.807, 2.05) is 20.0 Å². The maximum absolute atomic E-state index is 5.98. The zero-order valence-corrected chi connectivity index (χ0v) is 16.6. The molecule has 28 heavy (non-hydrogen) atoms. The van der Waals surface area contributed by atoms with Gasteiger partial charge in [-0.1, -0.05) is 5.16 Å². The van der Waals surface area contributed by atoms with Crippen molar-refractivity contribution in [1.29, 1.82) is 0 Å². The molecule has 0 N–H and O–H groups in total. The zero-order valence-electron chi connectivity index (χ0n) is 16.6. The Balaban J connectivity index is 1.41. The Labute approximate surface area is 164 Å². The SMILES string of the molecule is Cc1noc(C)c1CN1CC[C@@]2(COCc3cnc(N4CCOCC4)nc32)C1. The van der Waals surface area contributed by atoms with Crippen molar-refractivity contribution in [3.63, 3.8) is 0 Å². The second-order valence-corrected chi connectivity index (χ2v) is 8.18. The summed E-state index contributed by atoms with van der Waals surface area (Å²) in [6, 6.07) is 0. The Morgan fingerprint density at radius 2 is 2.00 bits per heavy atom. The van der Waals surface area contributed by atoms with Crippen LogP contribution in [-0.4, -0.2) is 66.0 Å². The summed E-state index contributed by atoms with van der Waals surface area (Å²) in [7, 11) is 0. The van der Waals surface area contributed by atoms with Gasteiger partial charge in [-0.25, -0.2) is 9.97 Å². The van der Waals surface area contributed by atoms with Crippen molar-refractivity contribution in [2.24, 2.45) is 0 Å². The van der Waals surface area contributed by atoms with Crippen molar-refractivity contribution in [3.8, 4) is 0 Å². The molecule has 5 rings (SSSR count). The van der Waals surface area contributed by atoms with E-state index >= 15 is 0 Å². The maximum atomic E-state index is 5.98. The summed E-state index contributed by atoms with van der Waals surface area (Å²) in [5.74, 6) is 1.74. The smallest absolute Gasteiger partial charge is 0.225 e. The van der Waals surface area contributed by atoms with Gasteiger partial charge < -0.3 is 18.9 Å². The molecule has 8 nitrogen and oxygen atoms in total. The first-order valence-corrected chi connectivity index (χ1v) is 10.1. The van der Waals surface area contributed by atoms with Crippen LogP contribution >= 0.6 is 0 Å². The second kappa shape index (κ2) is 7.09. The summed E-state index contributed by atoms with van der Waals surface area (Å²) in [6.07, 6.45) is 3.01. The number of hydrogen-bond acceptors (Lipinski definition) is 8. The number of fused-ring (bicyclic) bond motifs is 2. The minimum atomic E-state index is -0.0590. The van der Waals surface area contributed by atoms with E-state index in [-0.39, 0.29) is 5.41 Å². The number of aryl methyl sites for hydroxylation is 2. The molecule has 3 aliphatic heterocycles. The van der Waals surface area contributed by atoms with Crippen LogP contribution in [0.15, 0.2) is 10.7 Å². The number of nitrogens with zero attached hydrogens (tertiary/aromatic N) is 5. The number of morpholine rings is 1. The number of rotatable bonds is 3. The van der Waals surface area contributed by atoms with Gasteiger partial charge in [-0.2, -0.15) is 0 Å². The lowest BCUT2D eigenvalue weighted by Crippen LogP contribution is -2.42. The standard InChI is InChI=1S/C20H27N5O3/c1-14-17(15(2)28-23-14)10-24-4-3-20(12-24)13-27-11-16-9-21-19(22-18(16)20)25-5-7-26-8-6-25/h9H,3-8,10-13H2,1-2H3/t20-/m0/s1. The van der Waals surface area contributed by atoms with Crippen LogP contribution in [0.5, 0.6) is 0 Å². The molecule has 1 spiro atoms. The minimum absolute atomic E-state index is 0.0590. The lowest BCUT2D eigenvalue weighted by molar-refractivity contribution is 0.0501. The average Bonchev–Trinajstić information content (AvgIpc) is 3.28. The molecule has 0 bridgehead atoms. The topological polar surface area (TPSA) is 76.8 Å². The third kappa shape index (κ3) is 3.09. The van der Waals surface area contributed by atoms with Gasteiger partial charge in [-0.15, -0.1) is 0 Å². The van der Waals surface area contributed by atoms with Crippen LogP contribution in [0.3, 0.4) is 0 Å². The van der Waals surface area contributed by atoms with Crippen molar-refractivity contribution in [2.45, 2.75) is 38.8 Å². The predicted molar refractivity (Wildman–Crippen MR) is 102 cm³/mol. The van der Waals surface area contributed by atoms with Gasteiger partial charge in [0.2, 0.25) is 5.95 Å². The van der Waals surface area contributed by atoms with Crippen LogP contribution < -0.4 is 4.90 Å². The first-order chi connectivity index (χ1) is 13.6. The molecule has 1 atom stereocenters. The van der Waals surface area contributed by atoms with Crippen LogP contribution in [0.1, 0.15) is 34.7 Å². The van der Waals surface area contributed by atoms with Crippen molar-refractivity contribution in [1.82, 2.24) is 20.0 Å². The fourth-order valence-corrected chi connectivity index (χ4v) is 4.66. The van der Waals surface area contributed by atoms with Gasteiger partial charge in [-0.05, 0) is 26.8 Å². The third-order valence-electron chi connectivity index (χ3n) is 6.28. The first kappa shape index (κ1) is 18.0. The lowest BCUT2D eigenvalue weighted by Gasteiger charge is -2.35. The lowest BCUT2D eigenvalue weighted by atomic mass is 9.80. The van der Waals surface area contributed by atoms with Gasteiger partial charge >= 0.3 is 0 Å². The number of ether oxygens (including phenoxy) is 2. The molecule has 0 radical (unpaired) electrons. The molecule has 8 heteroatoms. The maximum Gasteiger partial charge on any atom is 0.225 e. The fourth-order valence-electron chi connectivity index (χ4n) is 4.66. The molecule has 0 unspecified atom stereocenters. The normalized spacial score (nSPS) is 25.4. The van der Waals surface area contributed by atoms with Gasteiger partial charge in [0, 0.05) is 43.5 Å².